The molecule has 2 aromatic rings. The quantitative estimate of drug-likeness (QED) is 0.712. The van der Waals surface area contributed by atoms with E-state index in [1.165, 1.54) is 24.0 Å². The van der Waals surface area contributed by atoms with Crippen LogP contribution in [0.5, 0.6) is 5.75 Å². The molecule has 0 bridgehead atoms. The van der Waals surface area contributed by atoms with Crippen molar-refractivity contribution in [3.05, 3.63) is 65.1 Å². The van der Waals surface area contributed by atoms with E-state index >= 15 is 0 Å². The van der Waals surface area contributed by atoms with E-state index in [-0.39, 0.29) is 11.9 Å². The largest absolute Gasteiger partial charge is 0.482 e. The molecule has 1 saturated carbocycles. The summed E-state index contributed by atoms with van der Waals surface area (Å²) in [4.78, 5) is 20.4. The molecule has 3 rings (SSSR count). The molecule has 0 aliphatic heterocycles. The van der Waals surface area contributed by atoms with Crippen LogP contribution in [0.25, 0.3) is 0 Å². The third-order valence-electron chi connectivity index (χ3n) is 4.61. The molecule has 1 aromatic heterocycles. The van der Waals surface area contributed by atoms with Crippen LogP contribution in [0.4, 0.5) is 0 Å². The number of benzene rings is 1. The summed E-state index contributed by atoms with van der Waals surface area (Å²) in [6.07, 6.45) is 7.66. The lowest BCUT2D eigenvalue weighted by Crippen LogP contribution is -2.32. The number of carbonyl (C=O) groups excluding carboxylic acids is 1. The summed E-state index contributed by atoms with van der Waals surface area (Å²) in [5.41, 5.74) is 2.33. The van der Waals surface area contributed by atoms with E-state index in [4.69, 9.17) is 4.74 Å². The molecule has 8 heteroatoms. The molecule has 1 aliphatic rings. The second-order valence-corrected chi connectivity index (χ2v) is 9.33. The molecule has 1 aromatic carbocycles. The fourth-order valence-electron chi connectivity index (χ4n) is 2.94. The van der Waals surface area contributed by atoms with Crippen molar-refractivity contribution < 1.29 is 17.9 Å². The van der Waals surface area contributed by atoms with E-state index in [0.717, 1.165) is 30.1 Å². The zero-order valence-corrected chi connectivity index (χ0v) is 17.5. The molecule has 0 spiro atoms. The third-order valence-corrected chi connectivity index (χ3v) is 5.26. The first-order valence-electron chi connectivity index (χ1n) is 9.46. The van der Waals surface area contributed by atoms with Gasteiger partial charge in [0.2, 0.25) is 5.82 Å². The zero-order valence-electron chi connectivity index (χ0n) is 16.7. The number of rotatable bonds is 8. The van der Waals surface area contributed by atoms with Crippen LogP contribution in [-0.2, 0) is 9.84 Å². The highest BCUT2D eigenvalue weighted by molar-refractivity contribution is 7.93. The van der Waals surface area contributed by atoms with Crippen molar-refractivity contribution >= 4 is 15.7 Å². The van der Waals surface area contributed by atoms with Crippen molar-refractivity contribution in [3.8, 4) is 5.75 Å². The van der Waals surface area contributed by atoms with E-state index < -0.39 is 21.8 Å². The number of nitrogens with one attached hydrogen (secondary N) is 1. The van der Waals surface area contributed by atoms with Gasteiger partial charge in [-0.15, -0.1) is 0 Å². The van der Waals surface area contributed by atoms with E-state index in [1.807, 2.05) is 12.1 Å². The van der Waals surface area contributed by atoms with Crippen molar-refractivity contribution in [2.24, 2.45) is 5.92 Å². The molecule has 0 radical (unpaired) electrons. The Bertz CT molecular complexity index is 999. The van der Waals surface area contributed by atoms with E-state index in [1.54, 1.807) is 6.92 Å². The van der Waals surface area contributed by atoms with Gasteiger partial charge < -0.3 is 10.1 Å². The highest BCUT2D eigenvalue weighted by atomic mass is 32.2. The minimum atomic E-state index is -3.24. The smallest absolute Gasteiger partial charge is 0.289 e. The van der Waals surface area contributed by atoms with Crippen LogP contribution < -0.4 is 10.1 Å². The monoisotopic (exact) mass is 415 g/mol. The number of hydrogen-bond acceptors (Lipinski definition) is 6. The first kappa shape index (κ1) is 21.0. The first-order chi connectivity index (χ1) is 13.7. The average molecular weight is 416 g/mol. The summed E-state index contributed by atoms with van der Waals surface area (Å²) in [5.74, 6) is 0.490. The standard InChI is InChI=1S/C21H25N3O4S/c1-14-6-4-5-7-18(14)19(16-8-9-16)28-17-12-22-20(23-13-17)21(25)24-15(2)10-11-29(3,26)27/h4-7,10-13,15-16,19H,8-9H2,1-3H3,(H,24,25)/b11-10+/t15-,19-/m1/s1. The number of ether oxygens (including phenoxy) is 1. The predicted octanol–water partition coefficient (Wildman–Crippen LogP) is 2.99. The van der Waals surface area contributed by atoms with Crippen LogP contribution in [-0.4, -0.2) is 36.6 Å². The molecule has 29 heavy (non-hydrogen) atoms. The van der Waals surface area contributed by atoms with Gasteiger partial charge in [0.1, 0.15) is 6.10 Å². The summed E-state index contributed by atoms with van der Waals surface area (Å²) < 4.78 is 28.5. The number of carbonyl (C=O) groups is 1. The molecule has 1 aliphatic carbocycles. The van der Waals surface area contributed by atoms with Gasteiger partial charge in [-0.1, -0.05) is 30.3 Å². The third kappa shape index (κ3) is 6.12. The maximum absolute atomic E-state index is 12.2. The number of nitrogens with zero attached hydrogens (tertiary/aromatic N) is 2. The van der Waals surface area contributed by atoms with Gasteiger partial charge in [-0.2, -0.15) is 0 Å². The summed E-state index contributed by atoms with van der Waals surface area (Å²) in [6, 6.07) is 7.68. The molecule has 0 unspecified atom stereocenters. The molecule has 154 valence electrons. The maximum atomic E-state index is 12.2. The van der Waals surface area contributed by atoms with Gasteiger partial charge in [0.05, 0.1) is 12.4 Å². The van der Waals surface area contributed by atoms with Crippen molar-refractivity contribution in [2.75, 3.05) is 6.26 Å². The normalized spacial score (nSPS) is 16.4. The van der Waals surface area contributed by atoms with Crippen LogP contribution >= 0.6 is 0 Å². The Morgan fingerprint density at radius 2 is 1.90 bits per heavy atom. The van der Waals surface area contributed by atoms with Crippen molar-refractivity contribution in [1.82, 2.24) is 15.3 Å². The number of amides is 1. The van der Waals surface area contributed by atoms with E-state index in [0.29, 0.717) is 11.7 Å². The Kier molecular flexibility index (Phi) is 6.32. The van der Waals surface area contributed by atoms with Crippen LogP contribution in [0.1, 0.15) is 47.6 Å². The molecule has 7 nitrogen and oxygen atoms in total. The molecule has 1 N–H and O–H groups in total. The van der Waals surface area contributed by atoms with Gasteiger partial charge in [-0.3, -0.25) is 4.79 Å². The lowest BCUT2D eigenvalue weighted by Gasteiger charge is -2.20. The zero-order chi connectivity index (χ0) is 21.0. The van der Waals surface area contributed by atoms with E-state index in [9.17, 15) is 13.2 Å². The topological polar surface area (TPSA) is 98.2 Å². The SMILES string of the molecule is Cc1ccccc1[C@H](Oc1cnc(C(=O)N[C@H](C)/C=C/S(C)(=O)=O)nc1)C1CC1. The summed E-state index contributed by atoms with van der Waals surface area (Å²) in [7, 11) is -3.24. The molecule has 1 heterocycles. The van der Waals surface area contributed by atoms with Gasteiger partial charge in [0.25, 0.3) is 5.91 Å². The lowest BCUT2D eigenvalue weighted by molar-refractivity contribution is 0.0936. The van der Waals surface area contributed by atoms with Crippen LogP contribution in [0, 0.1) is 12.8 Å². The van der Waals surface area contributed by atoms with Gasteiger partial charge in [0.15, 0.2) is 15.6 Å². The van der Waals surface area contributed by atoms with Crippen molar-refractivity contribution in [1.29, 1.82) is 0 Å². The predicted molar refractivity (Wildman–Crippen MR) is 110 cm³/mol. The fraction of sp³-hybridized carbons (Fsp3) is 0.381. The Morgan fingerprint density at radius 3 is 2.48 bits per heavy atom. The van der Waals surface area contributed by atoms with Crippen LogP contribution in [0.15, 0.2) is 48.1 Å². The summed E-state index contributed by atoms with van der Waals surface area (Å²) in [5, 5.41) is 3.69. The molecular weight excluding hydrogens is 390 g/mol. The highest BCUT2D eigenvalue weighted by Gasteiger charge is 2.35. The van der Waals surface area contributed by atoms with Crippen LogP contribution in [0.2, 0.25) is 0 Å². The molecular formula is C21H25N3O4S. The number of aromatic nitrogens is 2. The van der Waals surface area contributed by atoms with Crippen LogP contribution in [0.3, 0.4) is 0 Å². The fourth-order valence-corrected chi connectivity index (χ4v) is 3.46. The number of sulfone groups is 1. The Morgan fingerprint density at radius 1 is 1.24 bits per heavy atom. The van der Waals surface area contributed by atoms with Crippen molar-refractivity contribution in [2.45, 2.75) is 38.8 Å². The Labute approximate surface area is 171 Å². The number of hydrogen-bond donors (Lipinski definition) is 1. The molecule has 2 atom stereocenters. The Hall–Kier alpha value is -2.74. The minimum absolute atomic E-state index is 0.00387. The molecule has 1 fully saturated rings. The van der Waals surface area contributed by atoms with Gasteiger partial charge in [-0.25, -0.2) is 18.4 Å². The van der Waals surface area contributed by atoms with Gasteiger partial charge in [0, 0.05) is 23.6 Å². The average Bonchev–Trinajstić information content (AvgIpc) is 3.50. The minimum Gasteiger partial charge on any atom is -0.482 e. The summed E-state index contributed by atoms with van der Waals surface area (Å²) >= 11 is 0. The van der Waals surface area contributed by atoms with Gasteiger partial charge in [-0.05, 0) is 37.8 Å². The lowest BCUT2D eigenvalue weighted by atomic mass is 10.00. The second kappa shape index (κ2) is 8.73. The Balaban J connectivity index is 1.66. The summed E-state index contributed by atoms with van der Waals surface area (Å²) in [6.45, 7) is 3.73. The molecule has 1 amide bonds. The maximum Gasteiger partial charge on any atom is 0.289 e. The first-order valence-corrected chi connectivity index (χ1v) is 11.4. The number of aryl methyl sites for hydroxylation is 1. The molecule has 0 saturated heterocycles. The van der Waals surface area contributed by atoms with Crippen molar-refractivity contribution in [3.63, 3.8) is 0 Å². The van der Waals surface area contributed by atoms with E-state index in [2.05, 4.69) is 34.3 Å². The highest BCUT2D eigenvalue weighted by Crippen LogP contribution is 2.44. The second-order valence-electron chi connectivity index (χ2n) is 7.40. The van der Waals surface area contributed by atoms with Gasteiger partial charge >= 0.3 is 0 Å².